The second kappa shape index (κ2) is 6.40. The van der Waals surface area contributed by atoms with Crippen LogP contribution in [0.2, 0.25) is 0 Å². The molecule has 1 unspecified atom stereocenters. The van der Waals surface area contributed by atoms with Crippen molar-refractivity contribution in [1.29, 1.82) is 0 Å². The van der Waals surface area contributed by atoms with Gasteiger partial charge in [0, 0.05) is 6.54 Å². The Kier molecular flexibility index (Phi) is 4.60. The smallest absolute Gasteiger partial charge is 0.360 e. The van der Waals surface area contributed by atoms with Crippen LogP contribution >= 0.6 is 0 Å². The van der Waals surface area contributed by atoms with E-state index < -0.39 is 18.0 Å². The monoisotopic (exact) mass is 282 g/mol. The number of hydrogen-bond acceptors (Lipinski definition) is 6. The molecule has 1 atom stereocenters. The number of anilines is 1. The lowest BCUT2D eigenvalue weighted by Gasteiger charge is -2.24. The second-order valence-electron chi connectivity index (χ2n) is 4.63. The van der Waals surface area contributed by atoms with Crippen LogP contribution in [-0.2, 0) is 9.53 Å². The number of ether oxygens (including phenoxy) is 1. The van der Waals surface area contributed by atoms with Crippen LogP contribution in [0.15, 0.2) is 10.7 Å². The van der Waals surface area contributed by atoms with E-state index in [1.807, 2.05) is 0 Å². The zero-order valence-corrected chi connectivity index (χ0v) is 11.4. The van der Waals surface area contributed by atoms with E-state index in [4.69, 9.17) is 9.15 Å². The Bertz CT molecular complexity index is 485. The first-order valence-corrected chi connectivity index (χ1v) is 6.75. The summed E-state index contributed by atoms with van der Waals surface area (Å²) in [6, 6.07) is -0.492. The Morgan fingerprint density at radius 1 is 1.50 bits per heavy atom. The molecule has 7 heteroatoms. The van der Waals surface area contributed by atoms with E-state index >= 15 is 0 Å². The van der Waals surface area contributed by atoms with Gasteiger partial charge in [-0.15, -0.1) is 0 Å². The average Bonchev–Trinajstić information content (AvgIpc) is 2.76. The van der Waals surface area contributed by atoms with Crippen LogP contribution in [0.1, 0.15) is 43.1 Å². The van der Waals surface area contributed by atoms with Crippen molar-refractivity contribution in [1.82, 2.24) is 4.98 Å². The highest BCUT2D eigenvalue weighted by Gasteiger charge is 2.30. The number of esters is 1. The van der Waals surface area contributed by atoms with Crippen molar-refractivity contribution in [3.8, 4) is 0 Å². The molecule has 0 radical (unpaired) electrons. The minimum atomic E-state index is -0.900. The lowest BCUT2D eigenvalue weighted by atomic mass is 10.1. The van der Waals surface area contributed by atoms with Crippen molar-refractivity contribution in [3.05, 3.63) is 12.0 Å². The summed E-state index contributed by atoms with van der Waals surface area (Å²) in [6.45, 7) is 2.51. The van der Waals surface area contributed by atoms with Gasteiger partial charge in [-0.05, 0) is 19.8 Å². The molecule has 1 fully saturated rings. The topological polar surface area (TPSA) is 92.9 Å². The Balaban J connectivity index is 2.19. The van der Waals surface area contributed by atoms with Gasteiger partial charge in [-0.1, -0.05) is 12.8 Å². The van der Waals surface area contributed by atoms with E-state index in [1.54, 1.807) is 11.8 Å². The summed E-state index contributed by atoms with van der Waals surface area (Å²) < 4.78 is 10.1. The zero-order chi connectivity index (χ0) is 14.5. The molecule has 1 aliphatic heterocycles. The van der Waals surface area contributed by atoms with Crippen molar-refractivity contribution in [3.63, 3.8) is 0 Å². The SMILES string of the molecule is CCOC(=O)c1coc(N2CCCCCC2C(=O)O)n1. The summed E-state index contributed by atoms with van der Waals surface area (Å²) in [5, 5.41) is 9.29. The van der Waals surface area contributed by atoms with Gasteiger partial charge in [0.2, 0.25) is 0 Å². The Labute approximate surface area is 116 Å². The largest absolute Gasteiger partial charge is 0.480 e. The van der Waals surface area contributed by atoms with E-state index in [9.17, 15) is 14.7 Å². The number of hydrogen-bond donors (Lipinski definition) is 1. The third-order valence-corrected chi connectivity index (χ3v) is 3.26. The maximum Gasteiger partial charge on any atom is 0.360 e. The van der Waals surface area contributed by atoms with Crippen LogP contribution in [0.5, 0.6) is 0 Å². The van der Waals surface area contributed by atoms with Crippen LogP contribution < -0.4 is 4.90 Å². The summed E-state index contributed by atoms with van der Waals surface area (Å²) in [5.41, 5.74) is 0.0650. The Morgan fingerprint density at radius 2 is 2.30 bits per heavy atom. The standard InChI is InChI=1S/C13H18N2O5/c1-2-19-12(18)9-8-20-13(14-9)15-7-5-3-4-6-10(15)11(16)17/h8,10H,2-7H2,1H3,(H,16,17). The van der Waals surface area contributed by atoms with Gasteiger partial charge >= 0.3 is 11.9 Å². The predicted octanol–water partition coefficient (Wildman–Crippen LogP) is 1.68. The summed E-state index contributed by atoms with van der Waals surface area (Å²) in [7, 11) is 0. The molecular weight excluding hydrogens is 264 g/mol. The fourth-order valence-electron chi connectivity index (χ4n) is 2.29. The molecule has 1 aromatic heterocycles. The highest BCUT2D eigenvalue weighted by molar-refractivity contribution is 5.87. The number of aliphatic carboxylic acids is 1. The molecule has 0 spiro atoms. The van der Waals surface area contributed by atoms with E-state index in [0.717, 1.165) is 19.3 Å². The first kappa shape index (κ1) is 14.4. The van der Waals surface area contributed by atoms with Gasteiger partial charge in [-0.25, -0.2) is 9.59 Å². The lowest BCUT2D eigenvalue weighted by Crippen LogP contribution is -2.41. The van der Waals surface area contributed by atoms with Crippen molar-refractivity contribution in [2.75, 3.05) is 18.1 Å². The van der Waals surface area contributed by atoms with Crippen molar-refractivity contribution in [2.24, 2.45) is 0 Å². The molecular formula is C13H18N2O5. The molecule has 1 aromatic rings. The molecule has 0 aromatic carbocycles. The van der Waals surface area contributed by atoms with E-state index in [2.05, 4.69) is 4.98 Å². The number of oxazole rings is 1. The second-order valence-corrected chi connectivity index (χ2v) is 4.63. The maximum atomic E-state index is 11.5. The fraction of sp³-hybridized carbons (Fsp3) is 0.615. The molecule has 110 valence electrons. The molecule has 1 aliphatic rings. The van der Waals surface area contributed by atoms with Gasteiger partial charge in [0.1, 0.15) is 12.3 Å². The molecule has 0 aliphatic carbocycles. The quantitative estimate of drug-likeness (QED) is 0.840. The highest BCUT2D eigenvalue weighted by Crippen LogP contribution is 2.24. The third kappa shape index (κ3) is 3.09. The molecule has 2 rings (SSSR count). The van der Waals surface area contributed by atoms with Gasteiger partial charge in [-0.2, -0.15) is 4.98 Å². The summed E-state index contributed by atoms with van der Waals surface area (Å²) in [4.78, 5) is 28.5. The molecule has 1 saturated heterocycles. The van der Waals surface area contributed by atoms with Crippen LogP contribution in [0, 0.1) is 0 Å². The highest BCUT2D eigenvalue weighted by atomic mass is 16.5. The Morgan fingerprint density at radius 3 is 3.00 bits per heavy atom. The van der Waals surface area contributed by atoms with Crippen molar-refractivity contribution < 1.29 is 23.8 Å². The molecule has 7 nitrogen and oxygen atoms in total. The van der Waals surface area contributed by atoms with Crippen molar-refractivity contribution >= 4 is 18.0 Å². The average molecular weight is 282 g/mol. The minimum absolute atomic E-state index is 0.0650. The number of carboxylic acid groups (broad SMARTS) is 1. The molecule has 0 bridgehead atoms. The van der Waals surface area contributed by atoms with Gasteiger partial charge in [0.25, 0.3) is 6.01 Å². The Hall–Kier alpha value is -2.05. The lowest BCUT2D eigenvalue weighted by molar-refractivity contribution is -0.138. The van der Waals surface area contributed by atoms with Gasteiger partial charge in [0.15, 0.2) is 5.69 Å². The molecule has 20 heavy (non-hydrogen) atoms. The van der Waals surface area contributed by atoms with Gasteiger partial charge < -0.3 is 19.2 Å². The molecule has 1 N–H and O–H groups in total. The molecule has 0 amide bonds. The normalized spacial score (nSPS) is 19.4. The zero-order valence-electron chi connectivity index (χ0n) is 11.4. The number of carboxylic acids is 1. The van der Waals surface area contributed by atoms with E-state index in [-0.39, 0.29) is 18.3 Å². The first-order valence-electron chi connectivity index (χ1n) is 6.75. The van der Waals surface area contributed by atoms with Crippen molar-refractivity contribution in [2.45, 2.75) is 38.6 Å². The number of aromatic nitrogens is 1. The minimum Gasteiger partial charge on any atom is -0.480 e. The molecule has 0 saturated carbocycles. The predicted molar refractivity (Wildman–Crippen MR) is 69.7 cm³/mol. The molecule has 2 heterocycles. The number of carbonyl (C=O) groups is 2. The van der Waals surface area contributed by atoms with Crippen LogP contribution in [0.4, 0.5) is 6.01 Å². The summed E-state index contributed by atoms with van der Waals surface area (Å²) in [5.74, 6) is -1.47. The number of carbonyl (C=O) groups excluding carboxylic acids is 1. The number of rotatable bonds is 4. The summed E-state index contributed by atoms with van der Waals surface area (Å²) in [6.07, 6.45) is 4.47. The fourth-order valence-corrected chi connectivity index (χ4v) is 2.29. The third-order valence-electron chi connectivity index (χ3n) is 3.26. The van der Waals surface area contributed by atoms with E-state index in [1.165, 1.54) is 6.26 Å². The van der Waals surface area contributed by atoms with Gasteiger partial charge in [-0.3, -0.25) is 0 Å². The van der Waals surface area contributed by atoms with Crippen LogP contribution in [-0.4, -0.2) is 41.2 Å². The number of nitrogens with zero attached hydrogens (tertiary/aromatic N) is 2. The van der Waals surface area contributed by atoms with E-state index in [0.29, 0.717) is 13.0 Å². The first-order chi connectivity index (χ1) is 9.63. The van der Waals surface area contributed by atoms with Gasteiger partial charge in [0.05, 0.1) is 6.61 Å². The summed E-state index contributed by atoms with van der Waals surface area (Å²) >= 11 is 0. The maximum absolute atomic E-state index is 11.5. The van der Waals surface area contributed by atoms with Crippen LogP contribution in [0.3, 0.4) is 0 Å². The van der Waals surface area contributed by atoms with Crippen LogP contribution in [0.25, 0.3) is 0 Å².